The average Bonchev–Trinajstić information content (AvgIpc) is 2.75. The lowest BCUT2D eigenvalue weighted by Gasteiger charge is -2.26. The van der Waals surface area contributed by atoms with Gasteiger partial charge in [-0.2, -0.15) is 0 Å². The summed E-state index contributed by atoms with van der Waals surface area (Å²) in [6, 6.07) is 5.95. The molecule has 1 saturated carbocycles. The van der Waals surface area contributed by atoms with E-state index in [1.165, 1.54) is 12.7 Å². The van der Waals surface area contributed by atoms with Crippen molar-refractivity contribution in [3.8, 4) is 0 Å². The molecule has 1 aliphatic carbocycles. The molecule has 0 heterocycles. The van der Waals surface area contributed by atoms with Gasteiger partial charge in [0.05, 0.1) is 7.11 Å². The smallest absolute Gasteiger partial charge is 0.316 e. The molecule has 18 heavy (non-hydrogen) atoms. The topological polar surface area (TPSA) is 43.4 Å². The van der Waals surface area contributed by atoms with Gasteiger partial charge < -0.3 is 4.74 Å². The quantitative estimate of drug-likeness (QED) is 0.753. The number of hydrogen-bond acceptors (Lipinski definition) is 3. The standard InChI is InChI=1S/C15H18O3/c1-10-4-5-12(8-11(10)2)15(14(17)18-3)7-6-13(16)9-15/h4-5,8H,6-7,9H2,1-3H3. The van der Waals surface area contributed by atoms with E-state index in [4.69, 9.17) is 4.74 Å². The third-order valence-corrected chi connectivity index (χ3v) is 3.97. The van der Waals surface area contributed by atoms with Crippen molar-refractivity contribution in [3.05, 3.63) is 34.9 Å². The molecule has 0 saturated heterocycles. The van der Waals surface area contributed by atoms with E-state index in [2.05, 4.69) is 0 Å². The van der Waals surface area contributed by atoms with Gasteiger partial charge in [0.15, 0.2) is 0 Å². The number of aryl methyl sites for hydroxylation is 2. The Labute approximate surface area is 107 Å². The third-order valence-electron chi connectivity index (χ3n) is 3.97. The number of benzene rings is 1. The van der Waals surface area contributed by atoms with Crippen LogP contribution in [0.25, 0.3) is 0 Å². The van der Waals surface area contributed by atoms with Crippen molar-refractivity contribution in [3.63, 3.8) is 0 Å². The molecule has 0 aliphatic heterocycles. The summed E-state index contributed by atoms with van der Waals surface area (Å²) in [4.78, 5) is 23.7. The van der Waals surface area contributed by atoms with Crippen molar-refractivity contribution >= 4 is 11.8 Å². The summed E-state index contributed by atoms with van der Waals surface area (Å²) in [7, 11) is 1.38. The van der Waals surface area contributed by atoms with E-state index in [1.54, 1.807) is 0 Å². The Balaban J connectivity index is 2.50. The second-order valence-corrected chi connectivity index (χ2v) is 5.09. The van der Waals surface area contributed by atoms with Gasteiger partial charge in [-0.3, -0.25) is 9.59 Å². The average molecular weight is 246 g/mol. The second-order valence-electron chi connectivity index (χ2n) is 5.09. The molecule has 1 aromatic rings. The lowest BCUT2D eigenvalue weighted by molar-refractivity contribution is -0.148. The van der Waals surface area contributed by atoms with Crippen LogP contribution in [0.15, 0.2) is 18.2 Å². The Morgan fingerprint density at radius 2 is 2.00 bits per heavy atom. The molecule has 96 valence electrons. The minimum Gasteiger partial charge on any atom is -0.468 e. The van der Waals surface area contributed by atoms with Gasteiger partial charge in [0.25, 0.3) is 0 Å². The Bertz CT molecular complexity index is 504. The van der Waals surface area contributed by atoms with Crippen molar-refractivity contribution in [2.45, 2.75) is 38.5 Å². The van der Waals surface area contributed by atoms with Crippen LogP contribution < -0.4 is 0 Å². The van der Waals surface area contributed by atoms with Crippen LogP contribution in [-0.2, 0) is 19.7 Å². The molecule has 0 bridgehead atoms. The molecular formula is C15H18O3. The maximum absolute atomic E-state index is 12.1. The number of rotatable bonds is 2. The summed E-state index contributed by atoms with van der Waals surface area (Å²) < 4.78 is 4.92. The van der Waals surface area contributed by atoms with Crippen molar-refractivity contribution in [2.75, 3.05) is 7.11 Å². The molecule has 0 radical (unpaired) electrons. The van der Waals surface area contributed by atoms with Gasteiger partial charge >= 0.3 is 5.97 Å². The predicted octanol–water partition coefficient (Wildman–Crippen LogP) is 2.47. The first-order chi connectivity index (χ1) is 8.49. The lowest BCUT2D eigenvalue weighted by atomic mass is 9.78. The highest BCUT2D eigenvalue weighted by molar-refractivity contribution is 5.95. The van der Waals surface area contributed by atoms with Crippen LogP contribution in [-0.4, -0.2) is 18.9 Å². The van der Waals surface area contributed by atoms with E-state index in [1.807, 2.05) is 32.0 Å². The van der Waals surface area contributed by atoms with E-state index in [9.17, 15) is 9.59 Å². The highest BCUT2D eigenvalue weighted by Crippen LogP contribution is 2.40. The van der Waals surface area contributed by atoms with Crippen LogP contribution >= 0.6 is 0 Å². The Hall–Kier alpha value is -1.64. The summed E-state index contributed by atoms with van der Waals surface area (Å²) in [6.07, 6.45) is 1.28. The maximum atomic E-state index is 12.1. The monoisotopic (exact) mass is 246 g/mol. The molecular weight excluding hydrogens is 228 g/mol. The fraction of sp³-hybridized carbons (Fsp3) is 0.467. The molecule has 1 aromatic carbocycles. The van der Waals surface area contributed by atoms with Crippen molar-refractivity contribution < 1.29 is 14.3 Å². The van der Waals surface area contributed by atoms with Crippen molar-refractivity contribution in [2.24, 2.45) is 0 Å². The summed E-state index contributed by atoms with van der Waals surface area (Å²) in [5.41, 5.74) is 2.46. The zero-order valence-corrected chi connectivity index (χ0v) is 11.1. The number of carbonyl (C=O) groups is 2. The largest absolute Gasteiger partial charge is 0.468 e. The first kappa shape index (κ1) is 12.8. The summed E-state index contributed by atoms with van der Waals surface area (Å²) >= 11 is 0. The molecule has 1 fully saturated rings. The minimum absolute atomic E-state index is 0.138. The van der Waals surface area contributed by atoms with Crippen molar-refractivity contribution in [1.29, 1.82) is 0 Å². The lowest BCUT2D eigenvalue weighted by Crippen LogP contribution is -2.34. The SMILES string of the molecule is COC(=O)C1(c2ccc(C)c(C)c2)CCC(=O)C1. The van der Waals surface area contributed by atoms with Crippen LogP contribution in [0.3, 0.4) is 0 Å². The number of hydrogen-bond donors (Lipinski definition) is 0. The summed E-state index contributed by atoms with van der Waals surface area (Å²) in [5, 5.41) is 0. The van der Waals surface area contributed by atoms with Gasteiger partial charge in [-0.1, -0.05) is 18.2 Å². The fourth-order valence-electron chi connectivity index (χ4n) is 2.64. The van der Waals surface area contributed by atoms with E-state index >= 15 is 0 Å². The van der Waals surface area contributed by atoms with Gasteiger partial charge in [0, 0.05) is 12.8 Å². The molecule has 2 rings (SSSR count). The number of esters is 1. The van der Waals surface area contributed by atoms with Gasteiger partial charge in [-0.15, -0.1) is 0 Å². The number of carbonyl (C=O) groups excluding carboxylic acids is 2. The van der Waals surface area contributed by atoms with Crippen LogP contribution in [0, 0.1) is 13.8 Å². The normalized spacial score (nSPS) is 23.2. The Kier molecular flexibility index (Phi) is 3.24. The molecule has 1 unspecified atom stereocenters. The van der Waals surface area contributed by atoms with E-state index in [0.29, 0.717) is 12.8 Å². The predicted molar refractivity (Wildman–Crippen MR) is 68.5 cm³/mol. The molecule has 0 amide bonds. The molecule has 1 atom stereocenters. The summed E-state index contributed by atoms with van der Waals surface area (Å²) in [6.45, 7) is 4.05. The first-order valence-electron chi connectivity index (χ1n) is 6.17. The van der Waals surface area contributed by atoms with Gasteiger partial charge in [-0.05, 0) is 37.0 Å². The first-order valence-corrected chi connectivity index (χ1v) is 6.17. The van der Waals surface area contributed by atoms with E-state index in [-0.39, 0.29) is 18.2 Å². The zero-order chi connectivity index (χ0) is 13.3. The van der Waals surface area contributed by atoms with Crippen LogP contribution in [0.5, 0.6) is 0 Å². The molecule has 0 N–H and O–H groups in total. The molecule has 3 heteroatoms. The Morgan fingerprint density at radius 3 is 2.50 bits per heavy atom. The van der Waals surface area contributed by atoms with E-state index in [0.717, 1.165) is 11.1 Å². The zero-order valence-electron chi connectivity index (χ0n) is 11.1. The van der Waals surface area contributed by atoms with Crippen molar-refractivity contribution in [1.82, 2.24) is 0 Å². The molecule has 0 aromatic heterocycles. The van der Waals surface area contributed by atoms with Crippen LogP contribution in [0.1, 0.15) is 36.0 Å². The number of ether oxygens (including phenoxy) is 1. The third kappa shape index (κ3) is 1.94. The number of methoxy groups -OCH3 is 1. The number of Topliss-reactive ketones (excluding diaryl/α,β-unsaturated/α-hetero) is 1. The maximum Gasteiger partial charge on any atom is 0.316 e. The highest BCUT2D eigenvalue weighted by Gasteiger charge is 2.47. The van der Waals surface area contributed by atoms with Gasteiger partial charge in [0.2, 0.25) is 0 Å². The summed E-state index contributed by atoms with van der Waals surface area (Å²) in [5.74, 6) is -0.157. The van der Waals surface area contributed by atoms with E-state index < -0.39 is 5.41 Å². The molecule has 0 spiro atoms. The molecule has 3 nitrogen and oxygen atoms in total. The highest BCUT2D eigenvalue weighted by atomic mass is 16.5. The van der Waals surface area contributed by atoms with Gasteiger partial charge in [0.1, 0.15) is 11.2 Å². The van der Waals surface area contributed by atoms with Crippen LogP contribution in [0.2, 0.25) is 0 Å². The number of ketones is 1. The minimum atomic E-state index is -0.760. The second kappa shape index (κ2) is 4.56. The van der Waals surface area contributed by atoms with Gasteiger partial charge in [-0.25, -0.2) is 0 Å². The fourth-order valence-corrected chi connectivity index (χ4v) is 2.64. The molecule has 1 aliphatic rings. The Morgan fingerprint density at radius 1 is 1.28 bits per heavy atom. The van der Waals surface area contributed by atoms with Crippen LogP contribution in [0.4, 0.5) is 0 Å².